The second kappa shape index (κ2) is 4.87. The highest BCUT2D eigenvalue weighted by Gasteiger charge is 2.31. The molecule has 0 unspecified atom stereocenters. The van der Waals surface area contributed by atoms with Gasteiger partial charge in [-0.05, 0) is 30.7 Å². The first-order valence-electron chi connectivity index (χ1n) is 5.53. The Morgan fingerprint density at radius 3 is 2.60 bits per heavy atom. The molecule has 0 radical (unpaired) electrons. The molecule has 106 valence electrons. The van der Waals surface area contributed by atoms with Gasteiger partial charge >= 0.3 is 6.18 Å². The van der Waals surface area contributed by atoms with Gasteiger partial charge in [0.25, 0.3) is 0 Å². The van der Waals surface area contributed by atoms with Crippen LogP contribution >= 0.6 is 0 Å². The minimum Gasteiger partial charge on any atom is -0.409 e. The predicted octanol–water partition coefficient (Wildman–Crippen LogP) is 2.29. The number of nitrogens with zero attached hydrogens (tertiary/aromatic N) is 3. The minimum atomic E-state index is -4.51. The SMILES string of the molecule is Cc1cnn(-c2ccc(C(F)(F)F)cc2/C(N)=N/O)c1. The molecule has 2 rings (SSSR count). The van der Waals surface area contributed by atoms with E-state index in [0.717, 1.165) is 17.7 Å². The number of alkyl halides is 3. The molecule has 1 aromatic heterocycles. The molecule has 0 amide bonds. The predicted molar refractivity (Wildman–Crippen MR) is 65.8 cm³/mol. The normalized spacial score (nSPS) is 12.7. The molecule has 5 nitrogen and oxygen atoms in total. The van der Waals surface area contributed by atoms with E-state index < -0.39 is 17.6 Å². The largest absolute Gasteiger partial charge is 0.416 e. The smallest absolute Gasteiger partial charge is 0.409 e. The third-order valence-electron chi connectivity index (χ3n) is 2.67. The maximum Gasteiger partial charge on any atom is 0.416 e. The Labute approximate surface area is 112 Å². The Bertz CT molecular complexity index is 661. The molecule has 0 fully saturated rings. The van der Waals surface area contributed by atoms with Gasteiger partial charge in [-0.3, -0.25) is 0 Å². The Balaban J connectivity index is 2.63. The first kappa shape index (κ1) is 13.9. The van der Waals surface area contributed by atoms with E-state index in [2.05, 4.69) is 10.3 Å². The fourth-order valence-electron chi connectivity index (χ4n) is 1.72. The van der Waals surface area contributed by atoms with Crippen molar-refractivity contribution in [1.29, 1.82) is 0 Å². The molecule has 0 spiro atoms. The standard InChI is InChI=1S/C12H11F3N4O/c1-7-5-17-19(6-7)10-3-2-8(12(13,14)15)4-9(10)11(16)18-20/h2-6,20H,1H3,(H2,16,18). The Hall–Kier alpha value is -2.51. The number of rotatable bonds is 2. The zero-order valence-electron chi connectivity index (χ0n) is 10.4. The maximum atomic E-state index is 12.7. The van der Waals surface area contributed by atoms with Crippen molar-refractivity contribution in [3.05, 3.63) is 47.3 Å². The lowest BCUT2D eigenvalue weighted by Crippen LogP contribution is -2.18. The summed E-state index contributed by atoms with van der Waals surface area (Å²) in [7, 11) is 0. The van der Waals surface area contributed by atoms with Crippen LogP contribution in [-0.4, -0.2) is 20.8 Å². The molecule has 20 heavy (non-hydrogen) atoms. The van der Waals surface area contributed by atoms with Crippen molar-refractivity contribution in [2.75, 3.05) is 0 Å². The van der Waals surface area contributed by atoms with Gasteiger partial charge in [-0.1, -0.05) is 5.16 Å². The molecule has 0 aliphatic carbocycles. The van der Waals surface area contributed by atoms with Crippen molar-refractivity contribution < 1.29 is 18.4 Å². The van der Waals surface area contributed by atoms with Gasteiger partial charge < -0.3 is 10.9 Å². The van der Waals surface area contributed by atoms with Crippen LogP contribution in [0.4, 0.5) is 13.2 Å². The van der Waals surface area contributed by atoms with Gasteiger partial charge in [0, 0.05) is 11.8 Å². The fourth-order valence-corrected chi connectivity index (χ4v) is 1.72. The summed E-state index contributed by atoms with van der Waals surface area (Å²) in [6.07, 6.45) is -1.34. The molecular weight excluding hydrogens is 273 g/mol. The van der Waals surface area contributed by atoms with Crippen molar-refractivity contribution in [2.45, 2.75) is 13.1 Å². The van der Waals surface area contributed by atoms with Crippen molar-refractivity contribution in [1.82, 2.24) is 9.78 Å². The van der Waals surface area contributed by atoms with E-state index >= 15 is 0 Å². The van der Waals surface area contributed by atoms with Crippen LogP contribution in [0.15, 0.2) is 35.7 Å². The Morgan fingerprint density at radius 2 is 2.10 bits per heavy atom. The van der Waals surface area contributed by atoms with Crippen LogP contribution < -0.4 is 5.73 Å². The molecule has 2 aromatic rings. The van der Waals surface area contributed by atoms with E-state index in [1.807, 2.05) is 0 Å². The number of nitrogens with two attached hydrogens (primary N) is 1. The topological polar surface area (TPSA) is 76.4 Å². The lowest BCUT2D eigenvalue weighted by atomic mass is 10.1. The van der Waals surface area contributed by atoms with Crippen molar-refractivity contribution in [2.24, 2.45) is 10.9 Å². The average Bonchev–Trinajstić information content (AvgIpc) is 2.82. The Kier molecular flexibility index (Phi) is 3.39. The van der Waals surface area contributed by atoms with Crippen molar-refractivity contribution >= 4 is 5.84 Å². The summed E-state index contributed by atoms with van der Waals surface area (Å²) in [5, 5.41) is 15.5. The quantitative estimate of drug-likeness (QED) is 0.384. The maximum absolute atomic E-state index is 12.7. The summed E-state index contributed by atoms with van der Waals surface area (Å²) in [6, 6.07) is 2.96. The average molecular weight is 284 g/mol. The lowest BCUT2D eigenvalue weighted by Gasteiger charge is -2.12. The van der Waals surface area contributed by atoms with Crippen LogP contribution in [0.3, 0.4) is 0 Å². The summed E-state index contributed by atoms with van der Waals surface area (Å²) in [4.78, 5) is 0. The van der Waals surface area contributed by atoms with Gasteiger partial charge in [-0.2, -0.15) is 18.3 Å². The Morgan fingerprint density at radius 1 is 1.40 bits per heavy atom. The second-order valence-corrected chi connectivity index (χ2v) is 4.18. The van der Waals surface area contributed by atoms with Crippen LogP contribution in [0.25, 0.3) is 5.69 Å². The summed E-state index contributed by atoms with van der Waals surface area (Å²) in [6.45, 7) is 1.79. The number of amidine groups is 1. The molecule has 0 saturated carbocycles. The first-order chi connectivity index (χ1) is 9.32. The van der Waals surface area contributed by atoms with Gasteiger partial charge in [0.1, 0.15) is 0 Å². The number of aryl methyl sites for hydroxylation is 1. The monoisotopic (exact) mass is 284 g/mol. The summed E-state index contributed by atoms with van der Waals surface area (Å²) in [5.74, 6) is -0.417. The highest BCUT2D eigenvalue weighted by atomic mass is 19.4. The van der Waals surface area contributed by atoms with Crippen LogP contribution in [0, 0.1) is 6.92 Å². The zero-order valence-corrected chi connectivity index (χ0v) is 10.4. The van der Waals surface area contributed by atoms with E-state index in [-0.39, 0.29) is 5.56 Å². The number of hydrogen-bond donors (Lipinski definition) is 2. The number of benzene rings is 1. The number of halogens is 3. The lowest BCUT2D eigenvalue weighted by molar-refractivity contribution is -0.137. The van der Waals surface area contributed by atoms with Crippen LogP contribution in [-0.2, 0) is 6.18 Å². The van der Waals surface area contributed by atoms with E-state index in [9.17, 15) is 13.2 Å². The van der Waals surface area contributed by atoms with Gasteiger partial charge in [0.15, 0.2) is 5.84 Å². The molecule has 0 aliphatic heterocycles. The third-order valence-corrected chi connectivity index (χ3v) is 2.67. The second-order valence-electron chi connectivity index (χ2n) is 4.18. The van der Waals surface area contributed by atoms with E-state index in [4.69, 9.17) is 10.9 Å². The molecule has 8 heteroatoms. The van der Waals surface area contributed by atoms with Gasteiger partial charge in [0.2, 0.25) is 0 Å². The molecule has 0 saturated heterocycles. The van der Waals surface area contributed by atoms with E-state index in [0.29, 0.717) is 5.69 Å². The van der Waals surface area contributed by atoms with Crippen LogP contribution in [0.2, 0.25) is 0 Å². The first-order valence-corrected chi connectivity index (χ1v) is 5.53. The minimum absolute atomic E-state index is 0.0505. The van der Waals surface area contributed by atoms with Crippen molar-refractivity contribution in [3.8, 4) is 5.69 Å². The number of oxime groups is 1. The summed E-state index contributed by atoms with van der Waals surface area (Å²) in [5.41, 5.74) is 5.63. The molecular formula is C12H11F3N4O. The van der Waals surface area contributed by atoms with Crippen LogP contribution in [0.5, 0.6) is 0 Å². The van der Waals surface area contributed by atoms with Crippen LogP contribution in [0.1, 0.15) is 16.7 Å². The molecule has 0 bridgehead atoms. The van der Waals surface area contributed by atoms with E-state index in [1.54, 1.807) is 19.3 Å². The zero-order chi connectivity index (χ0) is 14.9. The third kappa shape index (κ3) is 2.58. The van der Waals surface area contributed by atoms with Crippen molar-refractivity contribution in [3.63, 3.8) is 0 Å². The van der Waals surface area contributed by atoms with Gasteiger partial charge in [-0.25, -0.2) is 4.68 Å². The molecule has 1 heterocycles. The number of hydrogen-bond acceptors (Lipinski definition) is 3. The number of aromatic nitrogens is 2. The molecule has 1 aromatic carbocycles. The van der Waals surface area contributed by atoms with Gasteiger partial charge in [-0.15, -0.1) is 0 Å². The summed E-state index contributed by atoms with van der Waals surface area (Å²) < 4.78 is 39.5. The highest BCUT2D eigenvalue weighted by Crippen LogP contribution is 2.31. The summed E-state index contributed by atoms with van der Waals surface area (Å²) >= 11 is 0. The fraction of sp³-hybridized carbons (Fsp3) is 0.167. The van der Waals surface area contributed by atoms with Gasteiger partial charge in [0.05, 0.1) is 17.4 Å². The van der Waals surface area contributed by atoms with E-state index in [1.165, 1.54) is 10.7 Å². The highest BCUT2D eigenvalue weighted by molar-refractivity contribution is 6.00. The molecule has 3 N–H and O–H groups in total. The molecule has 0 aliphatic rings. The molecule has 0 atom stereocenters.